The van der Waals surface area contributed by atoms with Gasteiger partial charge in [-0.1, -0.05) is 48.5 Å². The Morgan fingerprint density at radius 1 is 0.800 bits per heavy atom. The molecular weight excluding hydrogens is 242 g/mol. The smallest absolute Gasteiger partial charge is 0.0372 e. The maximum Gasteiger partial charge on any atom is 0.0372 e. The van der Waals surface area contributed by atoms with Crippen LogP contribution in [0, 0.1) is 6.92 Å². The maximum atomic E-state index is 3.72. The van der Waals surface area contributed by atoms with Gasteiger partial charge in [0.2, 0.25) is 0 Å². The second kappa shape index (κ2) is 6.13. The van der Waals surface area contributed by atoms with Crippen LogP contribution in [0.25, 0.3) is 0 Å². The molecule has 0 unspecified atom stereocenters. The minimum absolute atomic E-state index is 0.635. The summed E-state index contributed by atoms with van der Waals surface area (Å²) in [5.41, 5.74) is 4.16. The SMILES string of the molecule is Cc1ccccc1NC1CCC(c2ccccc2)CC1. The molecule has 0 saturated heterocycles. The molecule has 0 bridgehead atoms. The average Bonchev–Trinajstić information content (AvgIpc) is 2.51. The molecule has 1 heteroatoms. The molecule has 1 saturated carbocycles. The molecule has 3 rings (SSSR count). The van der Waals surface area contributed by atoms with Gasteiger partial charge in [-0.25, -0.2) is 0 Å². The molecule has 0 heterocycles. The first kappa shape index (κ1) is 13.2. The Balaban J connectivity index is 1.58. The van der Waals surface area contributed by atoms with Crippen LogP contribution in [0.15, 0.2) is 54.6 Å². The quantitative estimate of drug-likeness (QED) is 0.811. The number of anilines is 1. The standard InChI is InChI=1S/C19H23N/c1-15-7-5-6-10-19(15)20-18-13-11-17(12-14-18)16-8-3-2-4-9-16/h2-10,17-18,20H,11-14H2,1H3. The lowest BCUT2D eigenvalue weighted by atomic mass is 9.81. The van der Waals surface area contributed by atoms with Crippen LogP contribution in [0.5, 0.6) is 0 Å². The van der Waals surface area contributed by atoms with Crippen LogP contribution < -0.4 is 5.32 Å². The molecule has 0 amide bonds. The minimum Gasteiger partial charge on any atom is -0.382 e. The predicted molar refractivity (Wildman–Crippen MR) is 86.2 cm³/mol. The molecule has 1 N–H and O–H groups in total. The van der Waals surface area contributed by atoms with Gasteiger partial charge in [-0.15, -0.1) is 0 Å². The van der Waals surface area contributed by atoms with Crippen molar-refractivity contribution in [2.45, 2.75) is 44.6 Å². The van der Waals surface area contributed by atoms with Crippen LogP contribution in [0.2, 0.25) is 0 Å². The van der Waals surface area contributed by atoms with Gasteiger partial charge in [0.15, 0.2) is 0 Å². The summed E-state index contributed by atoms with van der Waals surface area (Å²) in [6.45, 7) is 2.18. The van der Waals surface area contributed by atoms with E-state index in [1.165, 1.54) is 42.5 Å². The first-order valence-corrected chi connectivity index (χ1v) is 7.70. The number of hydrogen-bond acceptors (Lipinski definition) is 1. The van der Waals surface area contributed by atoms with E-state index in [1.54, 1.807) is 0 Å². The molecule has 0 aliphatic heterocycles. The molecule has 0 radical (unpaired) electrons. The monoisotopic (exact) mass is 265 g/mol. The van der Waals surface area contributed by atoms with E-state index in [4.69, 9.17) is 0 Å². The molecule has 1 aliphatic rings. The topological polar surface area (TPSA) is 12.0 Å². The van der Waals surface area contributed by atoms with Crippen LogP contribution >= 0.6 is 0 Å². The van der Waals surface area contributed by atoms with Crippen LogP contribution in [0.1, 0.15) is 42.7 Å². The molecule has 0 atom stereocenters. The zero-order valence-electron chi connectivity index (χ0n) is 12.2. The first-order chi connectivity index (χ1) is 9.83. The molecular formula is C19H23N. The molecule has 20 heavy (non-hydrogen) atoms. The van der Waals surface area contributed by atoms with E-state index in [1.807, 2.05) is 0 Å². The summed E-state index contributed by atoms with van der Waals surface area (Å²) in [6, 6.07) is 20.2. The van der Waals surface area contributed by atoms with E-state index >= 15 is 0 Å². The van der Waals surface area contributed by atoms with Gasteiger partial charge in [-0.05, 0) is 55.7 Å². The third kappa shape index (κ3) is 3.04. The second-order valence-electron chi connectivity index (χ2n) is 5.92. The Labute approximate surface area is 122 Å². The van der Waals surface area contributed by atoms with Crippen molar-refractivity contribution in [3.8, 4) is 0 Å². The number of hydrogen-bond donors (Lipinski definition) is 1. The molecule has 2 aromatic rings. The van der Waals surface area contributed by atoms with E-state index in [0.29, 0.717) is 6.04 Å². The lowest BCUT2D eigenvalue weighted by molar-refractivity contribution is 0.412. The van der Waals surface area contributed by atoms with E-state index in [-0.39, 0.29) is 0 Å². The number of aryl methyl sites for hydroxylation is 1. The van der Waals surface area contributed by atoms with Crippen LogP contribution in [-0.4, -0.2) is 6.04 Å². The summed E-state index contributed by atoms with van der Waals surface area (Å²) in [5, 5.41) is 3.72. The van der Waals surface area contributed by atoms with Crippen molar-refractivity contribution in [2.24, 2.45) is 0 Å². The van der Waals surface area contributed by atoms with E-state index in [0.717, 1.165) is 5.92 Å². The number of benzene rings is 2. The van der Waals surface area contributed by atoms with Crippen LogP contribution in [-0.2, 0) is 0 Å². The molecule has 0 spiro atoms. The molecule has 0 aromatic heterocycles. The highest BCUT2D eigenvalue weighted by Crippen LogP contribution is 2.34. The summed E-state index contributed by atoms with van der Waals surface area (Å²) in [4.78, 5) is 0. The zero-order chi connectivity index (χ0) is 13.8. The molecule has 2 aromatic carbocycles. The molecule has 104 valence electrons. The third-order valence-electron chi connectivity index (χ3n) is 4.50. The van der Waals surface area contributed by atoms with Gasteiger partial charge in [0.05, 0.1) is 0 Å². The summed E-state index contributed by atoms with van der Waals surface area (Å²) >= 11 is 0. The Kier molecular flexibility index (Phi) is 4.05. The fraction of sp³-hybridized carbons (Fsp3) is 0.368. The first-order valence-electron chi connectivity index (χ1n) is 7.70. The van der Waals surface area contributed by atoms with Crippen molar-refractivity contribution < 1.29 is 0 Å². The van der Waals surface area contributed by atoms with Gasteiger partial charge in [0.1, 0.15) is 0 Å². The third-order valence-corrected chi connectivity index (χ3v) is 4.50. The summed E-state index contributed by atoms with van der Waals surface area (Å²) in [7, 11) is 0. The Hall–Kier alpha value is -1.76. The highest BCUT2D eigenvalue weighted by atomic mass is 14.9. The lowest BCUT2D eigenvalue weighted by Crippen LogP contribution is -2.25. The number of nitrogens with one attached hydrogen (secondary N) is 1. The predicted octanol–water partition coefficient (Wildman–Crippen LogP) is 5.13. The Morgan fingerprint density at radius 3 is 2.15 bits per heavy atom. The normalized spacial score (nSPS) is 22.4. The molecule has 1 nitrogen and oxygen atoms in total. The number of para-hydroxylation sites is 1. The Morgan fingerprint density at radius 2 is 1.45 bits per heavy atom. The van der Waals surface area contributed by atoms with Gasteiger partial charge in [-0.3, -0.25) is 0 Å². The molecule has 1 fully saturated rings. The van der Waals surface area contributed by atoms with Gasteiger partial charge < -0.3 is 5.32 Å². The van der Waals surface area contributed by atoms with Gasteiger partial charge in [0, 0.05) is 11.7 Å². The maximum absolute atomic E-state index is 3.72. The van der Waals surface area contributed by atoms with Crippen molar-refractivity contribution in [3.05, 3.63) is 65.7 Å². The number of rotatable bonds is 3. The van der Waals surface area contributed by atoms with Crippen molar-refractivity contribution in [3.63, 3.8) is 0 Å². The average molecular weight is 265 g/mol. The van der Waals surface area contributed by atoms with Crippen molar-refractivity contribution in [1.29, 1.82) is 0 Å². The van der Waals surface area contributed by atoms with E-state index < -0.39 is 0 Å². The van der Waals surface area contributed by atoms with Gasteiger partial charge in [-0.2, -0.15) is 0 Å². The van der Waals surface area contributed by atoms with Crippen molar-refractivity contribution >= 4 is 5.69 Å². The summed E-state index contributed by atoms with van der Waals surface area (Å²) in [5.74, 6) is 0.756. The van der Waals surface area contributed by atoms with Gasteiger partial charge >= 0.3 is 0 Å². The van der Waals surface area contributed by atoms with E-state index in [2.05, 4.69) is 66.8 Å². The highest BCUT2D eigenvalue weighted by Gasteiger charge is 2.22. The van der Waals surface area contributed by atoms with Gasteiger partial charge in [0.25, 0.3) is 0 Å². The highest BCUT2D eigenvalue weighted by molar-refractivity contribution is 5.51. The molecule has 1 aliphatic carbocycles. The largest absolute Gasteiger partial charge is 0.382 e. The second-order valence-corrected chi connectivity index (χ2v) is 5.92. The zero-order valence-corrected chi connectivity index (χ0v) is 12.2. The summed E-state index contributed by atoms with van der Waals surface area (Å²) in [6.07, 6.45) is 5.14. The summed E-state index contributed by atoms with van der Waals surface area (Å²) < 4.78 is 0. The van der Waals surface area contributed by atoms with Crippen LogP contribution in [0.4, 0.5) is 5.69 Å². The minimum atomic E-state index is 0.635. The van der Waals surface area contributed by atoms with E-state index in [9.17, 15) is 0 Å². The van der Waals surface area contributed by atoms with Crippen molar-refractivity contribution in [1.82, 2.24) is 0 Å². The Bertz CT molecular complexity index is 539. The fourth-order valence-electron chi connectivity index (χ4n) is 3.25. The lowest BCUT2D eigenvalue weighted by Gasteiger charge is -2.30. The fourth-order valence-corrected chi connectivity index (χ4v) is 3.25. The van der Waals surface area contributed by atoms with Crippen LogP contribution in [0.3, 0.4) is 0 Å². The van der Waals surface area contributed by atoms with Crippen molar-refractivity contribution in [2.75, 3.05) is 5.32 Å².